The van der Waals surface area contributed by atoms with Gasteiger partial charge in [-0.15, -0.1) is 0 Å². The van der Waals surface area contributed by atoms with Gasteiger partial charge in [0.15, 0.2) is 0 Å². The molecule has 0 aliphatic rings. The van der Waals surface area contributed by atoms with Crippen molar-refractivity contribution in [1.29, 1.82) is 0 Å². The maximum Gasteiger partial charge on any atom is 0.146 e. The van der Waals surface area contributed by atoms with Crippen LogP contribution in [0.5, 0.6) is 0 Å². The molecule has 3 atom stereocenters. The molecule has 1 nitrogen and oxygen atoms in total. The smallest absolute Gasteiger partial charge is 0.146 e. The molecule has 0 fully saturated rings. The standard InChI is InChI=1S/C25H54OSi/c1-7-13-16-22(10-4)19-25(26-27,20-23(11-5)17-14-8-2)21-24(12-6)18-15-9-3/h22-24H,7-21H2,1-6,27H3. The molecule has 2 heteroatoms. The normalized spacial score (nSPS) is 17.6. The van der Waals surface area contributed by atoms with E-state index in [4.69, 9.17) is 4.43 Å². The second-order valence-corrected chi connectivity index (χ2v) is 9.66. The summed E-state index contributed by atoms with van der Waals surface area (Å²) in [5.74, 6) is 2.56. The van der Waals surface area contributed by atoms with Gasteiger partial charge in [0, 0.05) is 0 Å². The molecule has 0 N–H and O–H groups in total. The highest BCUT2D eigenvalue weighted by Crippen LogP contribution is 2.40. The molecule has 0 saturated carbocycles. The van der Waals surface area contributed by atoms with Crippen molar-refractivity contribution in [2.45, 2.75) is 143 Å². The minimum atomic E-state index is 0.170. The van der Waals surface area contributed by atoms with E-state index in [1.807, 2.05) is 0 Å². The molecule has 0 spiro atoms. The van der Waals surface area contributed by atoms with Gasteiger partial charge in [0.25, 0.3) is 0 Å². The molecule has 0 amide bonds. The molecular weight excluding hydrogens is 344 g/mol. The molecule has 0 heterocycles. The van der Waals surface area contributed by atoms with E-state index in [0.29, 0.717) is 0 Å². The molecular formula is C25H54OSi. The third kappa shape index (κ3) is 11.7. The van der Waals surface area contributed by atoms with Gasteiger partial charge in [0.1, 0.15) is 10.5 Å². The molecule has 0 rings (SSSR count). The highest BCUT2D eigenvalue weighted by atomic mass is 28.2. The SMILES string of the molecule is CCCCC(CC)CC(CC(CC)CCCC)(CC(CC)CCCC)O[SiH3]. The van der Waals surface area contributed by atoms with E-state index in [2.05, 4.69) is 41.5 Å². The first-order chi connectivity index (χ1) is 13.0. The van der Waals surface area contributed by atoms with Gasteiger partial charge in [-0.3, -0.25) is 0 Å². The Morgan fingerprint density at radius 3 is 1.07 bits per heavy atom. The zero-order valence-corrected chi connectivity index (χ0v) is 22.2. The number of unbranched alkanes of at least 4 members (excludes halogenated alkanes) is 3. The Bertz CT molecular complexity index is 272. The zero-order chi connectivity index (χ0) is 20.5. The lowest BCUT2D eigenvalue weighted by atomic mass is 9.73. The van der Waals surface area contributed by atoms with Crippen LogP contribution in [-0.2, 0) is 4.43 Å². The van der Waals surface area contributed by atoms with E-state index in [0.717, 1.165) is 28.2 Å². The molecule has 0 saturated heterocycles. The number of rotatable bonds is 19. The molecule has 0 aromatic carbocycles. The fourth-order valence-electron chi connectivity index (χ4n) is 4.91. The monoisotopic (exact) mass is 398 g/mol. The lowest BCUT2D eigenvalue weighted by molar-refractivity contribution is -0.00288. The van der Waals surface area contributed by atoms with Crippen LogP contribution in [-0.4, -0.2) is 16.1 Å². The lowest BCUT2D eigenvalue weighted by Crippen LogP contribution is -2.39. The van der Waals surface area contributed by atoms with Gasteiger partial charge in [-0.1, -0.05) is 119 Å². The molecule has 0 radical (unpaired) electrons. The van der Waals surface area contributed by atoms with E-state index in [1.54, 1.807) is 0 Å². The largest absolute Gasteiger partial charge is 0.422 e. The average Bonchev–Trinajstić information content (AvgIpc) is 2.70. The minimum absolute atomic E-state index is 0.170. The van der Waals surface area contributed by atoms with Crippen molar-refractivity contribution in [2.24, 2.45) is 17.8 Å². The third-order valence-corrected chi connectivity index (χ3v) is 7.91. The topological polar surface area (TPSA) is 9.23 Å². The van der Waals surface area contributed by atoms with Gasteiger partial charge in [-0.25, -0.2) is 0 Å². The second-order valence-electron chi connectivity index (χ2n) is 9.25. The van der Waals surface area contributed by atoms with Gasteiger partial charge < -0.3 is 4.43 Å². The summed E-state index contributed by atoms with van der Waals surface area (Å²) < 4.78 is 6.61. The molecule has 3 unspecified atom stereocenters. The summed E-state index contributed by atoms with van der Waals surface area (Å²) in [6, 6.07) is 0. The van der Waals surface area contributed by atoms with E-state index in [1.165, 1.54) is 96.3 Å². The van der Waals surface area contributed by atoms with Gasteiger partial charge in [-0.05, 0) is 37.0 Å². The first kappa shape index (κ1) is 27.2. The highest BCUT2D eigenvalue weighted by molar-refractivity contribution is 5.98. The minimum Gasteiger partial charge on any atom is -0.422 e. The van der Waals surface area contributed by atoms with Gasteiger partial charge in [0.2, 0.25) is 0 Å². The molecule has 0 bridgehead atoms. The summed E-state index contributed by atoms with van der Waals surface area (Å²) in [6.45, 7) is 14.2. The van der Waals surface area contributed by atoms with Crippen molar-refractivity contribution < 1.29 is 4.43 Å². The summed E-state index contributed by atoms with van der Waals surface area (Å²) in [7, 11) is 0.885. The van der Waals surface area contributed by atoms with Crippen LogP contribution in [0.3, 0.4) is 0 Å². The van der Waals surface area contributed by atoms with Crippen molar-refractivity contribution >= 4 is 10.5 Å². The van der Waals surface area contributed by atoms with Crippen LogP contribution in [0.25, 0.3) is 0 Å². The van der Waals surface area contributed by atoms with E-state index in [-0.39, 0.29) is 5.60 Å². The summed E-state index contributed by atoms with van der Waals surface area (Å²) in [6.07, 6.45) is 20.3. The molecule has 0 aromatic rings. The Labute approximate surface area is 176 Å². The van der Waals surface area contributed by atoms with Crippen LogP contribution in [0.15, 0.2) is 0 Å². The van der Waals surface area contributed by atoms with Crippen molar-refractivity contribution in [1.82, 2.24) is 0 Å². The van der Waals surface area contributed by atoms with E-state index in [9.17, 15) is 0 Å². The fourth-order valence-corrected chi connectivity index (χ4v) is 5.41. The summed E-state index contributed by atoms with van der Waals surface area (Å²) in [4.78, 5) is 0. The lowest BCUT2D eigenvalue weighted by Gasteiger charge is -2.41. The van der Waals surface area contributed by atoms with Gasteiger partial charge in [0.05, 0.1) is 5.60 Å². The van der Waals surface area contributed by atoms with Crippen molar-refractivity contribution in [2.75, 3.05) is 0 Å². The second kappa shape index (κ2) is 17.1. The maximum atomic E-state index is 6.61. The predicted octanol–water partition coefficient (Wildman–Crippen LogP) is 7.84. The van der Waals surface area contributed by atoms with Crippen LogP contribution in [0.1, 0.15) is 138 Å². The van der Waals surface area contributed by atoms with E-state index < -0.39 is 0 Å². The van der Waals surface area contributed by atoms with E-state index >= 15 is 0 Å². The predicted molar refractivity (Wildman–Crippen MR) is 128 cm³/mol. The van der Waals surface area contributed by atoms with Crippen molar-refractivity contribution in [3.63, 3.8) is 0 Å². The average molecular weight is 399 g/mol. The first-order valence-corrected chi connectivity index (χ1v) is 13.4. The van der Waals surface area contributed by atoms with Crippen LogP contribution in [0, 0.1) is 17.8 Å². The van der Waals surface area contributed by atoms with Crippen LogP contribution >= 0.6 is 0 Å². The fraction of sp³-hybridized carbons (Fsp3) is 1.00. The van der Waals surface area contributed by atoms with Crippen molar-refractivity contribution in [3.8, 4) is 0 Å². The Hall–Kier alpha value is 0.177. The summed E-state index contributed by atoms with van der Waals surface area (Å²) >= 11 is 0. The summed E-state index contributed by atoms with van der Waals surface area (Å²) in [5.41, 5.74) is 0.170. The third-order valence-electron chi connectivity index (χ3n) is 7.04. The van der Waals surface area contributed by atoms with Crippen LogP contribution in [0.4, 0.5) is 0 Å². The number of hydrogen-bond donors (Lipinski definition) is 0. The zero-order valence-electron chi connectivity index (χ0n) is 20.2. The molecule has 164 valence electrons. The Morgan fingerprint density at radius 1 is 0.593 bits per heavy atom. The maximum absolute atomic E-state index is 6.61. The quantitative estimate of drug-likeness (QED) is 0.201. The van der Waals surface area contributed by atoms with Crippen LogP contribution < -0.4 is 0 Å². The Kier molecular flexibility index (Phi) is 17.2. The van der Waals surface area contributed by atoms with Gasteiger partial charge >= 0.3 is 0 Å². The molecule has 27 heavy (non-hydrogen) atoms. The Balaban J connectivity index is 5.35. The molecule has 0 aliphatic heterocycles. The van der Waals surface area contributed by atoms with Crippen molar-refractivity contribution in [3.05, 3.63) is 0 Å². The molecule has 0 aromatic heterocycles. The van der Waals surface area contributed by atoms with Gasteiger partial charge in [-0.2, -0.15) is 0 Å². The van der Waals surface area contributed by atoms with Crippen LogP contribution in [0.2, 0.25) is 0 Å². The summed E-state index contributed by atoms with van der Waals surface area (Å²) in [5, 5.41) is 0. The first-order valence-electron chi connectivity index (χ1n) is 12.6. The number of hydrogen-bond acceptors (Lipinski definition) is 1. The molecule has 0 aliphatic carbocycles. The highest BCUT2D eigenvalue weighted by Gasteiger charge is 2.35. The Morgan fingerprint density at radius 2 is 0.889 bits per heavy atom.